The Balaban J connectivity index is 1.48. The summed E-state index contributed by atoms with van der Waals surface area (Å²) >= 11 is 0. The molecule has 0 saturated heterocycles. The van der Waals surface area contributed by atoms with Crippen LogP contribution in [0.4, 0.5) is 5.95 Å². The monoisotopic (exact) mass is 465 g/mol. The molecular formula is C22H23N7O3S. The van der Waals surface area contributed by atoms with Crippen molar-refractivity contribution in [2.75, 3.05) is 5.32 Å². The number of nitrogens with one attached hydrogen (secondary N) is 2. The van der Waals surface area contributed by atoms with Gasteiger partial charge >= 0.3 is 0 Å². The first-order valence-electron chi connectivity index (χ1n) is 10.5. The lowest BCUT2D eigenvalue weighted by Gasteiger charge is -2.18. The van der Waals surface area contributed by atoms with Gasteiger partial charge in [0.2, 0.25) is 21.9 Å². The molecule has 0 amide bonds. The average molecular weight is 466 g/mol. The van der Waals surface area contributed by atoms with E-state index in [0.717, 1.165) is 29.8 Å². The van der Waals surface area contributed by atoms with Crippen molar-refractivity contribution >= 4 is 27.0 Å². The van der Waals surface area contributed by atoms with Crippen molar-refractivity contribution in [2.45, 2.75) is 43.2 Å². The van der Waals surface area contributed by atoms with Gasteiger partial charge in [0.25, 0.3) is 0 Å². The lowest BCUT2D eigenvalue weighted by molar-refractivity contribution is 0.194. The minimum Gasteiger partial charge on any atom is -0.470 e. The van der Waals surface area contributed by atoms with Crippen molar-refractivity contribution in [1.29, 1.82) is 0 Å². The Labute approximate surface area is 190 Å². The minimum absolute atomic E-state index is 0.0629. The van der Waals surface area contributed by atoms with E-state index in [-0.39, 0.29) is 16.5 Å². The fraction of sp³-hybridized carbons (Fsp3) is 0.273. The van der Waals surface area contributed by atoms with Gasteiger partial charge < -0.3 is 15.0 Å². The summed E-state index contributed by atoms with van der Waals surface area (Å²) in [6.45, 7) is 3.98. The third-order valence-electron chi connectivity index (χ3n) is 5.64. The van der Waals surface area contributed by atoms with Gasteiger partial charge in [0.1, 0.15) is 5.60 Å². The number of imidazole rings is 1. The first-order chi connectivity index (χ1) is 15.7. The van der Waals surface area contributed by atoms with Crippen LogP contribution in [0.25, 0.3) is 22.4 Å². The number of nitrogens with zero attached hydrogens (tertiary/aromatic N) is 4. The highest BCUT2D eigenvalue weighted by Gasteiger charge is 2.41. The quantitative estimate of drug-likeness (QED) is 0.377. The summed E-state index contributed by atoms with van der Waals surface area (Å²) in [6.07, 6.45) is 5.21. The Morgan fingerprint density at radius 2 is 1.88 bits per heavy atom. The van der Waals surface area contributed by atoms with Gasteiger partial charge in [-0.2, -0.15) is 4.98 Å². The highest BCUT2D eigenvalue weighted by molar-refractivity contribution is 7.89. The molecule has 1 aromatic carbocycles. The van der Waals surface area contributed by atoms with Gasteiger partial charge in [0, 0.05) is 0 Å². The summed E-state index contributed by atoms with van der Waals surface area (Å²) in [6, 6.07) is 9.92. The number of hydrogen-bond donors (Lipinski definition) is 3. The molecule has 0 spiro atoms. The van der Waals surface area contributed by atoms with Crippen LogP contribution in [-0.2, 0) is 10.0 Å². The predicted molar refractivity (Wildman–Crippen MR) is 123 cm³/mol. The maximum atomic E-state index is 11.5. The summed E-state index contributed by atoms with van der Waals surface area (Å²) in [5, 5.41) is 8.45. The molecule has 0 radical (unpaired) electrons. The van der Waals surface area contributed by atoms with Crippen molar-refractivity contribution in [3.8, 4) is 17.3 Å². The van der Waals surface area contributed by atoms with Crippen molar-refractivity contribution < 1.29 is 13.2 Å². The average Bonchev–Trinajstić information content (AvgIpc) is 3.26. The van der Waals surface area contributed by atoms with Gasteiger partial charge in [0.15, 0.2) is 5.52 Å². The van der Waals surface area contributed by atoms with Crippen molar-refractivity contribution in [3.63, 3.8) is 0 Å². The molecule has 3 aromatic heterocycles. The van der Waals surface area contributed by atoms with Gasteiger partial charge in [-0.05, 0) is 56.5 Å². The third-order valence-corrected chi connectivity index (χ3v) is 6.57. The summed E-state index contributed by atoms with van der Waals surface area (Å²) in [5.74, 6) is 0.807. The van der Waals surface area contributed by atoms with Crippen LogP contribution in [0.1, 0.15) is 38.3 Å². The second kappa shape index (κ2) is 7.78. The van der Waals surface area contributed by atoms with Crippen LogP contribution in [0.15, 0.2) is 53.8 Å². The predicted octanol–water partition coefficient (Wildman–Crippen LogP) is 3.17. The maximum Gasteiger partial charge on any atom is 0.246 e. The molecule has 5 rings (SSSR count). The Bertz CT molecular complexity index is 1420. The Hall–Kier alpha value is -3.57. The molecule has 4 aromatic rings. The zero-order chi connectivity index (χ0) is 23.2. The summed E-state index contributed by atoms with van der Waals surface area (Å²) < 4.78 is 29.2. The molecule has 0 bridgehead atoms. The van der Waals surface area contributed by atoms with E-state index in [2.05, 4.69) is 25.3 Å². The molecule has 1 aliphatic carbocycles. The van der Waals surface area contributed by atoms with Crippen LogP contribution >= 0.6 is 0 Å². The number of fused-ring (bicyclic) bond motifs is 1. The fourth-order valence-electron chi connectivity index (χ4n) is 3.40. The molecule has 1 saturated carbocycles. The van der Waals surface area contributed by atoms with Crippen molar-refractivity contribution in [2.24, 2.45) is 5.14 Å². The first-order valence-corrected chi connectivity index (χ1v) is 12.0. The molecule has 10 nitrogen and oxygen atoms in total. The summed E-state index contributed by atoms with van der Waals surface area (Å²) in [4.78, 5) is 21.1. The van der Waals surface area contributed by atoms with Crippen molar-refractivity contribution in [3.05, 3.63) is 54.5 Å². The van der Waals surface area contributed by atoms with Gasteiger partial charge in [-0.15, -0.1) is 0 Å². The standard InChI is InChI=1S/C22H23N7O3S/c1-13(14-3-5-15(6-4-14)33(23,30)31)26-21-28-17-8-7-16(18-11-24-12-25-18)27-19(17)20(29-21)32-22(2)9-10-22/h3-8,11-13H,9-10H2,1-2H3,(H,24,25)(H2,23,30,31)(H,26,28,29)/t13-/m1/s1. The second-order valence-corrected chi connectivity index (χ2v) is 9.98. The normalized spacial score (nSPS) is 15.8. The van der Waals surface area contributed by atoms with Gasteiger partial charge in [0.05, 0.1) is 40.4 Å². The summed E-state index contributed by atoms with van der Waals surface area (Å²) in [7, 11) is -3.74. The molecule has 170 valence electrons. The molecular weight excluding hydrogens is 442 g/mol. The number of primary sulfonamides is 1. The van der Waals surface area contributed by atoms with Gasteiger partial charge in [-0.25, -0.2) is 28.5 Å². The molecule has 33 heavy (non-hydrogen) atoms. The minimum atomic E-state index is -3.74. The Kier molecular flexibility index (Phi) is 5.02. The van der Waals surface area contributed by atoms with Crippen LogP contribution in [0.3, 0.4) is 0 Å². The van der Waals surface area contributed by atoms with E-state index in [1.165, 1.54) is 12.1 Å². The number of benzene rings is 1. The van der Waals surface area contributed by atoms with E-state index >= 15 is 0 Å². The summed E-state index contributed by atoms with van der Waals surface area (Å²) in [5.41, 5.74) is 3.34. The number of nitrogens with two attached hydrogens (primary N) is 1. The number of rotatable bonds is 7. The van der Waals surface area contributed by atoms with E-state index < -0.39 is 10.0 Å². The lowest BCUT2D eigenvalue weighted by Crippen LogP contribution is -2.16. The lowest BCUT2D eigenvalue weighted by atomic mass is 10.1. The highest BCUT2D eigenvalue weighted by Crippen LogP contribution is 2.41. The number of H-pyrrole nitrogens is 1. The van der Waals surface area contributed by atoms with Crippen LogP contribution < -0.4 is 15.2 Å². The fourth-order valence-corrected chi connectivity index (χ4v) is 3.92. The Morgan fingerprint density at radius 1 is 1.12 bits per heavy atom. The van der Waals surface area contributed by atoms with Crippen LogP contribution in [0.5, 0.6) is 5.88 Å². The van der Waals surface area contributed by atoms with Crippen LogP contribution in [-0.4, -0.2) is 38.9 Å². The van der Waals surface area contributed by atoms with Crippen LogP contribution in [0.2, 0.25) is 0 Å². The highest BCUT2D eigenvalue weighted by atomic mass is 32.2. The van der Waals surface area contributed by atoms with E-state index in [1.807, 2.05) is 26.0 Å². The van der Waals surface area contributed by atoms with Crippen molar-refractivity contribution in [1.82, 2.24) is 24.9 Å². The number of anilines is 1. The number of ether oxygens (including phenoxy) is 1. The first kappa shape index (κ1) is 21.3. The van der Waals surface area contributed by atoms with E-state index in [9.17, 15) is 8.42 Å². The smallest absolute Gasteiger partial charge is 0.246 e. The van der Waals surface area contributed by atoms with E-state index in [4.69, 9.17) is 14.9 Å². The number of sulfonamides is 1. The molecule has 3 heterocycles. The maximum absolute atomic E-state index is 11.5. The Morgan fingerprint density at radius 3 is 2.52 bits per heavy atom. The van der Waals surface area contributed by atoms with E-state index in [1.54, 1.807) is 24.7 Å². The molecule has 0 aliphatic heterocycles. The second-order valence-electron chi connectivity index (χ2n) is 8.41. The molecule has 1 aliphatic rings. The molecule has 1 atom stereocenters. The molecule has 4 N–H and O–H groups in total. The molecule has 11 heteroatoms. The number of hydrogen-bond acceptors (Lipinski definition) is 8. The topological polar surface area (TPSA) is 149 Å². The zero-order valence-electron chi connectivity index (χ0n) is 18.1. The molecule has 0 unspecified atom stereocenters. The van der Waals surface area contributed by atoms with Crippen LogP contribution in [0, 0.1) is 0 Å². The van der Waals surface area contributed by atoms with E-state index in [0.29, 0.717) is 22.9 Å². The number of aromatic nitrogens is 5. The number of pyridine rings is 1. The van der Waals surface area contributed by atoms with Gasteiger partial charge in [-0.1, -0.05) is 12.1 Å². The SMILES string of the molecule is C[C@@H](Nc1nc(OC2(C)CC2)c2nc(-c3cnc[nH]3)ccc2n1)c1ccc(S(N)(=O)=O)cc1. The largest absolute Gasteiger partial charge is 0.470 e. The third kappa shape index (κ3) is 4.50. The molecule has 1 fully saturated rings. The van der Waals surface area contributed by atoms with Gasteiger partial charge in [-0.3, -0.25) is 0 Å². The number of aromatic amines is 1. The zero-order valence-corrected chi connectivity index (χ0v) is 18.9.